The van der Waals surface area contributed by atoms with E-state index < -0.39 is 46.9 Å². The van der Waals surface area contributed by atoms with Gasteiger partial charge in [-0.05, 0) is 35.7 Å². The summed E-state index contributed by atoms with van der Waals surface area (Å²) in [5, 5.41) is 3.45. The van der Waals surface area contributed by atoms with Crippen molar-refractivity contribution in [3.8, 4) is 0 Å². The molecule has 6 nitrogen and oxygen atoms in total. The molecule has 2 aromatic carbocycles. The van der Waals surface area contributed by atoms with Crippen LogP contribution in [0.15, 0.2) is 35.1 Å². The van der Waals surface area contributed by atoms with Crippen LogP contribution in [0, 0.1) is 17.5 Å². The highest BCUT2D eigenvalue weighted by Gasteiger charge is 2.31. The van der Waals surface area contributed by atoms with Gasteiger partial charge in [0.25, 0.3) is 17.9 Å². The molecule has 0 fully saturated rings. The summed E-state index contributed by atoms with van der Waals surface area (Å²) >= 11 is 0. The van der Waals surface area contributed by atoms with Crippen LogP contribution in [0.4, 0.5) is 22.0 Å². The number of H-pyrrole nitrogens is 2. The number of aromatic amines is 2. The van der Waals surface area contributed by atoms with Gasteiger partial charge in [-0.3, -0.25) is 9.59 Å². The van der Waals surface area contributed by atoms with E-state index in [9.17, 15) is 31.5 Å². The third-order valence-corrected chi connectivity index (χ3v) is 6.15. The van der Waals surface area contributed by atoms with Crippen LogP contribution >= 0.6 is 0 Å². The average molecular weight is 476 g/mol. The molecule has 34 heavy (non-hydrogen) atoms. The van der Waals surface area contributed by atoms with Crippen molar-refractivity contribution in [1.29, 1.82) is 0 Å². The summed E-state index contributed by atoms with van der Waals surface area (Å²) in [7, 11) is 1.48. The first-order chi connectivity index (χ1) is 16.2. The molecule has 5 rings (SSSR count). The number of hydrogen-bond acceptors (Lipinski definition) is 3. The number of fused-ring (bicyclic) bond motifs is 4. The molecule has 1 atom stereocenters. The first-order valence-corrected chi connectivity index (χ1v) is 10.3. The summed E-state index contributed by atoms with van der Waals surface area (Å²) in [6, 6.07) is 4.31. The van der Waals surface area contributed by atoms with Crippen molar-refractivity contribution in [3.63, 3.8) is 0 Å². The fourth-order valence-electron chi connectivity index (χ4n) is 4.46. The Labute approximate surface area is 188 Å². The number of nitrogens with one attached hydrogen (secondary N) is 3. The van der Waals surface area contributed by atoms with Gasteiger partial charge in [0.1, 0.15) is 11.5 Å². The van der Waals surface area contributed by atoms with Gasteiger partial charge in [0.15, 0.2) is 11.6 Å². The Morgan fingerprint density at radius 3 is 2.41 bits per heavy atom. The first-order valence-electron chi connectivity index (χ1n) is 10.3. The molecule has 0 saturated carbocycles. The molecule has 1 amide bonds. The Morgan fingerprint density at radius 2 is 1.71 bits per heavy atom. The molecule has 0 saturated heterocycles. The summed E-state index contributed by atoms with van der Waals surface area (Å²) in [5.41, 5.74) is -0.275. The number of alkyl halides is 2. The molecule has 3 heterocycles. The molecular weight excluding hydrogens is 459 g/mol. The van der Waals surface area contributed by atoms with Gasteiger partial charge in [0, 0.05) is 42.3 Å². The quantitative estimate of drug-likeness (QED) is 0.386. The normalized spacial score (nSPS) is 15.8. The third kappa shape index (κ3) is 3.43. The molecule has 0 radical (unpaired) electrons. The molecule has 0 bridgehead atoms. The van der Waals surface area contributed by atoms with Crippen LogP contribution in [0.25, 0.3) is 21.7 Å². The molecule has 4 aromatic rings. The largest absolute Gasteiger partial charge is 0.351 e. The van der Waals surface area contributed by atoms with Crippen LogP contribution < -0.4 is 10.9 Å². The minimum absolute atomic E-state index is 0.0291. The number of carbonyl (C=O) groups is 1. The second-order valence-corrected chi connectivity index (χ2v) is 8.17. The van der Waals surface area contributed by atoms with Crippen molar-refractivity contribution >= 4 is 27.6 Å². The smallest absolute Gasteiger partial charge is 0.270 e. The average Bonchev–Trinajstić information content (AvgIpc) is 3.21. The van der Waals surface area contributed by atoms with Crippen LogP contribution in [0.2, 0.25) is 0 Å². The maximum atomic E-state index is 14.1. The number of benzene rings is 2. The number of pyridine rings is 1. The first kappa shape index (κ1) is 22.1. The minimum atomic E-state index is -3.01. The number of carbonyl (C=O) groups excluding carboxylic acids is 1. The lowest BCUT2D eigenvalue weighted by Crippen LogP contribution is -2.42. The predicted molar refractivity (Wildman–Crippen MR) is 114 cm³/mol. The Hall–Kier alpha value is -3.73. The number of likely N-dealkylation sites (N-methyl/N-ethyl adjacent to an activating group) is 1. The molecule has 0 spiro atoms. The van der Waals surface area contributed by atoms with Crippen molar-refractivity contribution in [2.45, 2.75) is 19.0 Å². The highest BCUT2D eigenvalue weighted by atomic mass is 19.3. The summed E-state index contributed by atoms with van der Waals surface area (Å²) in [6.45, 7) is 0.500. The van der Waals surface area contributed by atoms with E-state index in [1.54, 1.807) is 0 Å². The standard InChI is InChI=1S/C23H17F5N4O2/c1-32(23(34)17-3-9-2-13(24)12(21(27)28)6-16(9)30-17)19-8-29-7-18-20(19)10-4-14(25)15(26)5-11(10)22(33)31-18/h2-6,19,21,29-30H,7-8H2,1H3,(H,31,33)/t19-/m0/s1. The van der Waals surface area contributed by atoms with E-state index in [1.165, 1.54) is 18.0 Å². The van der Waals surface area contributed by atoms with Gasteiger partial charge in [-0.15, -0.1) is 0 Å². The number of amides is 1. The summed E-state index contributed by atoms with van der Waals surface area (Å²) in [6.07, 6.45) is -3.01. The van der Waals surface area contributed by atoms with Crippen molar-refractivity contribution in [2.24, 2.45) is 0 Å². The van der Waals surface area contributed by atoms with Crippen molar-refractivity contribution in [3.05, 3.63) is 80.7 Å². The zero-order valence-corrected chi connectivity index (χ0v) is 17.6. The van der Waals surface area contributed by atoms with E-state index in [0.29, 0.717) is 11.3 Å². The van der Waals surface area contributed by atoms with E-state index in [-0.39, 0.29) is 40.5 Å². The summed E-state index contributed by atoms with van der Waals surface area (Å²) in [5.74, 6) is -3.92. The molecule has 1 aliphatic rings. The lowest BCUT2D eigenvalue weighted by Gasteiger charge is -2.34. The molecule has 3 N–H and O–H groups in total. The maximum absolute atomic E-state index is 14.1. The minimum Gasteiger partial charge on any atom is -0.351 e. The molecular formula is C23H17F5N4O2. The van der Waals surface area contributed by atoms with Crippen molar-refractivity contribution in [2.75, 3.05) is 13.6 Å². The van der Waals surface area contributed by atoms with Gasteiger partial charge >= 0.3 is 0 Å². The molecule has 0 aliphatic carbocycles. The van der Waals surface area contributed by atoms with Gasteiger partial charge in [0.05, 0.1) is 17.0 Å². The predicted octanol–water partition coefficient (Wildman–Crippen LogP) is 4.28. The fraction of sp³-hybridized carbons (Fsp3) is 0.217. The monoisotopic (exact) mass is 476 g/mol. The zero-order chi connectivity index (χ0) is 24.3. The number of rotatable bonds is 3. The lowest BCUT2D eigenvalue weighted by molar-refractivity contribution is 0.0718. The van der Waals surface area contributed by atoms with Gasteiger partial charge < -0.3 is 20.2 Å². The van der Waals surface area contributed by atoms with Gasteiger partial charge in [-0.25, -0.2) is 22.0 Å². The summed E-state index contributed by atoms with van der Waals surface area (Å²) < 4.78 is 67.9. The van der Waals surface area contributed by atoms with Crippen LogP contribution in [-0.2, 0) is 6.54 Å². The van der Waals surface area contributed by atoms with E-state index in [4.69, 9.17) is 0 Å². The highest BCUT2D eigenvalue weighted by Crippen LogP contribution is 2.33. The topological polar surface area (TPSA) is 81.0 Å². The van der Waals surface area contributed by atoms with E-state index >= 15 is 0 Å². The Morgan fingerprint density at radius 1 is 1.00 bits per heavy atom. The molecule has 0 unspecified atom stereocenters. The highest BCUT2D eigenvalue weighted by molar-refractivity contribution is 5.98. The fourth-order valence-corrected chi connectivity index (χ4v) is 4.46. The lowest BCUT2D eigenvalue weighted by atomic mass is 9.93. The molecule has 11 heteroatoms. The van der Waals surface area contributed by atoms with Crippen LogP contribution in [0.5, 0.6) is 0 Å². The summed E-state index contributed by atoms with van der Waals surface area (Å²) in [4.78, 5) is 32.4. The molecule has 2 aromatic heterocycles. The number of nitrogens with zero attached hydrogens (tertiary/aromatic N) is 1. The van der Waals surface area contributed by atoms with E-state index in [2.05, 4.69) is 15.3 Å². The number of hydrogen-bond donors (Lipinski definition) is 3. The van der Waals surface area contributed by atoms with Gasteiger partial charge in [-0.1, -0.05) is 0 Å². The van der Waals surface area contributed by atoms with Gasteiger partial charge in [0.2, 0.25) is 0 Å². The Balaban J connectivity index is 1.58. The third-order valence-electron chi connectivity index (χ3n) is 6.15. The number of halogens is 5. The van der Waals surface area contributed by atoms with E-state index in [0.717, 1.165) is 24.3 Å². The van der Waals surface area contributed by atoms with Crippen molar-refractivity contribution in [1.82, 2.24) is 20.2 Å². The second kappa shape index (κ2) is 7.94. The SMILES string of the molecule is CN(C(=O)c1cc2cc(F)c(C(F)F)cc2[nH]1)[C@H]1CNCc2[nH]c(=O)c3cc(F)c(F)cc3c21. The second-order valence-electron chi connectivity index (χ2n) is 8.17. The zero-order valence-electron chi connectivity index (χ0n) is 17.6. The maximum Gasteiger partial charge on any atom is 0.270 e. The molecule has 1 aliphatic heterocycles. The van der Waals surface area contributed by atoms with Crippen LogP contribution in [0.3, 0.4) is 0 Å². The van der Waals surface area contributed by atoms with Crippen LogP contribution in [-0.4, -0.2) is 34.4 Å². The molecule has 176 valence electrons. The van der Waals surface area contributed by atoms with Crippen molar-refractivity contribution < 1.29 is 26.7 Å². The van der Waals surface area contributed by atoms with Crippen LogP contribution in [0.1, 0.15) is 39.8 Å². The number of aromatic nitrogens is 2. The Kier molecular flexibility index (Phi) is 5.16. The van der Waals surface area contributed by atoms with Gasteiger partial charge in [-0.2, -0.15) is 0 Å². The Bertz CT molecular complexity index is 1530. The van der Waals surface area contributed by atoms with E-state index in [1.807, 2.05) is 0 Å².